The molecule has 1 fully saturated rings. The van der Waals surface area contributed by atoms with Crippen LogP contribution in [0, 0.1) is 5.41 Å². The molecule has 4 rings (SSSR count). The van der Waals surface area contributed by atoms with Gasteiger partial charge in [0.2, 0.25) is 0 Å². The Morgan fingerprint density at radius 2 is 1.91 bits per heavy atom. The van der Waals surface area contributed by atoms with Crippen LogP contribution in [-0.2, 0) is 14.3 Å². The minimum absolute atomic E-state index is 0.0220. The van der Waals surface area contributed by atoms with Crippen molar-refractivity contribution in [2.24, 2.45) is 5.41 Å². The van der Waals surface area contributed by atoms with E-state index in [1.165, 1.54) is 7.11 Å². The number of carbonyl (C=O) groups is 2. The topological polar surface area (TPSA) is 84.9 Å². The van der Waals surface area contributed by atoms with Crippen molar-refractivity contribution in [2.45, 2.75) is 71.3 Å². The van der Waals surface area contributed by atoms with Crippen molar-refractivity contribution in [3.63, 3.8) is 0 Å². The van der Waals surface area contributed by atoms with Gasteiger partial charge in [-0.3, -0.25) is 4.79 Å². The molecule has 0 unspecified atom stereocenters. The molecule has 2 N–H and O–H groups in total. The summed E-state index contributed by atoms with van der Waals surface area (Å²) in [5, 5.41) is 13.7. The monoisotopic (exact) mass is 503 g/mol. The molecule has 172 valence electrons. The van der Waals surface area contributed by atoms with Crippen LogP contribution in [0.15, 0.2) is 39.1 Å². The van der Waals surface area contributed by atoms with Crippen molar-refractivity contribution in [1.29, 1.82) is 0 Å². The highest BCUT2D eigenvalue weighted by molar-refractivity contribution is 9.10. The maximum Gasteiger partial charge on any atom is 0.337 e. The van der Waals surface area contributed by atoms with Crippen LogP contribution in [0.2, 0.25) is 0 Å². The third kappa shape index (κ3) is 4.19. The minimum Gasteiger partial charge on any atom is -0.503 e. The molecule has 0 radical (unpaired) electrons. The fraction of sp³-hybridized carbons (Fsp3) is 0.520. The molecule has 7 heteroatoms. The van der Waals surface area contributed by atoms with E-state index in [0.29, 0.717) is 39.7 Å². The molecule has 32 heavy (non-hydrogen) atoms. The van der Waals surface area contributed by atoms with Crippen LogP contribution in [0.5, 0.6) is 11.5 Å². The van der Waals surface area contributed by atoms with Gasteiger partial charge in [-0.1, -0.05) is 13.8 Å². The summed E-state index contributed by atoms with van der Waals surface area (Å²) in [6, 6.07) is 3.45. The summed E-state index contributed by atoms with van der Waals surface area (Å²) in [7, 11) is 1.48. The molecule has 1 aromatic rings. The lowest BCUT2D eigenvalue weighted by Crippen LogP contribution is -2.39. The first-order valence-corrected chi connectivity index (χ1v) is 11.9. The number of carbonyl (C=O) groups excluding carboxylic acids is 2. The molecular weight excluding hydrogens is 474 g/mol. The van der Waals surface area contributed by atoms with E-state index in [1.54, 1.807) is 12.1 Å². The van der Waals surface area contributed by atoms with E-state index in [4.69, 9.17) is 9.47 Å². The Labute approximate surface area is 197 Å². The molecule has 3 aliphatic rings. The Balaban J connectivity index is 1.85. The fourth-order valence-corrected chi connectivity index (χ4v) is 5.64. The number of phenolic OH excluding ortho intramolecular Hbond substituents is 1. The highest BCUT2D eigenvalue weighted by Gasteiger charge is 2.44. The van der Waals surface area contributed by atoms with E-state index in [9.17, 15) is 14.7 Å². The first kappa shape index (κ1) is 22.9. The van der Waals surface area contributed by atoms with E-state index < -0.39 is 5.92 Å². The predicted molar refractivity (Wildman–Crippen MR) is 124 cm³/mol. The van der Waals surface area contributed by atoms with Crippen LogP contribution in [0.3, 0.4) is 0 Å². The quantitative estimate of drug-likeness (QED) is 0.545. The lowest BCUT2D eigenvalue weighted by Gasteiger charge is -2.39. The van der Waals surface area contributed by atoms with Crippen LogP contribution in [0.1, 0.15) is 70.8 Å². The molecule has 0 amide bonds. The third-order valence-electron chi connectivity index (χ3n) is 6.64. The van der Waals surface area contributed by atoms with Crippen LogP contribution in [-0.4, -0.2) is 30.1 Å². The average Bonchev–Trinajstić information content (AvgIpc) is 3.20. The second-order valence-electron chi connectivity index (χ2n) is 9.80. The van der Waals surface area contributed by atoms with Crippen molar-refractivity contribution in [3.8, 4) is 11.5 Å². The third-order valence-corrected chi connectivity index (χ3v) is 7.24. The summed E-state index contributed by atoms with van der Waals surface area (Å²) in [6.45, 7) is 6.02. The summed E-state index contributed by atoms with van der Waals surface area (Å²) < 4.78 is 11.7. The molecular formula is C25H30BrNO5. The molecule has 0 bridgehead atoms. The van der Waals surface area contributed by atoms with E-state index in [-0.39, 0.29) is 34.8 Å². The van der Waals surface area contributed by atoms with Crippen LogP contribution < -0.4 is 10.1 Å². The van der Waals surface area contributed by atoms with E-state index in [1.807, 2.05) is 6.92 Å². The molecule has 6 nitrogen and oxygen atoms in total. The van der Waals surface area contributed by atoms with Gasteiger partial charge in [-0.25, -0.2) is 4.79 Å². The van der Waals surface area contributed by atoms with Gasteiger partial charge in [0.25, 0.3) is 0 Å². The molecule has 1 aromatic carbocycles. The van der Waals surface area contributed by atoms with E-state index in [0.717, 1.165) is 31.4 Å². The maximum atomic E-state index is 13.4. The smallest absolute Gasteiger partial charge is 0.337 e. The van der Waals surface area contributed by atoms with E-state index in [2.05, 4.69) is 35.1 Å². The van der Waals surface area contributed by atoms with Crippen molar-refractivity contribution >= 4 is 27.7 Å². The van der Waals surface area contributed by atoms with Crippen LogP contribution >= 0.6 is 15.9 Å². The number of methoxy groups -OCH3 is 1. The molecule has 1 saturated carbocycles. The first-order valence-electron chi connectivity index (χ1n) is 11.1. The Morgan fingerprint density at radius 1 is 1.22 bits per heavy atom. The van der Waals surface area contributed by atoms with Crippen molar-refractivity contribution in [3.05, 3.63) is 44.7 Å². The van der Waals surface area contributed by atoms with Crippen molar-refractivity contribution in [2.75, 3.05) is 7.11 Å². The number of allylic oxidation sites excluding steroid dienone is 3. The molecule has 1 heterocycles. The highest BCUT2D eigenvalue weighted by atomic mass is 79.9. The zero-order valence-electron chi connectivity index (χ0n) is 19.0. The minimum atomic E-state index is -0.588. The molecule has 1 atom stereocenters. The number of hydrogen-bond donors (Lipinski definition) is 2. The van der Waals surface area contributed by atoms with Gasteiger partial charge in [0, 0.05) is 29.3 Å². The highest BCUT2D eigenvalue weighted by Crippen LogP contribution is 2.49. The van der Waals surface area contributed by atoms with Crippen molar-refractivity contribution < 1.29 is 24.2 Å². The number of ether oxygens (including phenoxy) is 2. The lowest BCUT2D eigenvalue weighted by molar-refractivity contribution is -0.144. The molecule has 1 aliphatic heterocycles. The van der Waals surface area contributed by atoms with Crippen LogP contribution in [0.4, 0.5) is 0 Å². The number of aromatic hydroxyl groups is 1. The summed E-state index contributed by atoms with van der Waals surface area (Å²) >= 11 is 3.39. The largest absolute Gasteiger partial charge is 0.503 e. The number of esters is 1. The summed E-state index contributed by atoms with van der Waals surface area (Å²) in [5.74, 6) is -0.699. The molecule has 0 spiro atoms. The molecule has 0 aromatic heterocycles. The summed E-state index contributed by atoms with van der Waals surface area (Å²) in [4.78, 5) is 26.8. The lowest BCUT2D eigenvalue weighted by atomic mass is 9.68. The number of ketones is 1. The Kier molecular flexibility index (Phi) is 6.14. The standard InChI is InChI=1S/C25H30BrNO5/c1-13-20(24(30)32-15-7-5-6-8-15)21(14-9-16(26)23(29)19(10-14)31-4)22-17(27-13)11-25(2,3)12-18(22)28/h9-10,15,21,27,29H,5-8,11-12H2,1-4H3/t21-/m0/s1. The Bertz CT molecular complexity index is 1030. The second-order valence-corrected chi connectivity index (χ2v) is 10.6. The summed E-state index contributed by atoms with van der Waals surface area (Å²) in [5.41, 5.74) is 3.14. The number of dihydropyridines is 1. The van der Waals surface area contributed by atoms with Gasteiger partial charge in [0.1, 0.15) is 6.10 Å². The van der Waals surface area contributed by atoms with Gasteiger partial charge in [-0.05, 0) is 78.1 Å². The average molecular weight is 504 g/mol. The number of hydrogen-bond acceptors (Lipinski definition) is 6. The van der Waals surface area contributed by atoms with Gasteiger partial charge in [0.15, 0.2) is 17.3 Å². The zero-order valence-corrected chi connectivity index (χ0v) is 20.6. The number of nitrogens with one attached hydrogen (secondary N) is 1. The van der Waals surface area contributed by atoms with Gasteiger partial charge in [-0.15, -0.1) is 0 Å². The Morgan fingerprint density at radius 3 is 2.56 bits per heavy atom. The molecule has 0 saturated heterocycles. The summed E-state index contributed by atoms with van der Waals surface area (Å²) in [6.07, 6.45) is 4.89. The van der Waals surface area contributed by atoms with Crippen LogP contribution in [0.25, 0.3) is 0 Å². The van der Waals surface area contributed by atoms with Crippen molar-refractivity contribution in [1.82, 2.24) is 5.32 Å². The normalized spacial score (nSPS) is 23.2. The van der Waals surface area contributed by atoms with Gasteiger partial charge >= 0.3 is 5.97 Å². The van der Waals surface area contributed by atoms with Gasteiger partial charge < -0.3 is 19.9 Å². The number of halogens is 1. The van der Waals surface area contributed by atoms with Gasteiger partial charge in [-0.2, -0.15) is 0 Å². The van der Waals surface area contributed by atoms with Gasteiger partial charge in [0.05, 0.1) is 17.2 Å². The Hall–Kier alpha value is -2.28. The SMILES string of the molecule is COc1cc([C@H]2C(C(=O)OC3CCCC3)=C(C)NC3=C2C(=O)CC(C)(C)C3)cc(Br)c1O. The fourth-order valence-electron chi connectivity index (χ4n) is 5.18. The second kappa shape index (κ2) is 8.58. The zero-order chi connectivity index (χ0) is 23.2. The molecule has 2 aliphatic carbocycles. The number of rotatable bonds is 4. The van der Waals surface area contributed by atoms with E-state index >= 15 is 0 Å². The number of Topliss-reactive ketones (excluding diaryl/α,β-unsaturated/α-hetero) is 1. The maximum absolute atomic E-state index is 13.4. The first-order chi connectivity index (χ1) is 15.1. The number of benzene rings is 1. The predicted octanol–water partition coefficient (Wildman–Crippen LogP) is 5.25. The number of phenols is 1.